The molecule has 0 saturated heterocycles. The molecule has 5 nitrogen and oxygen atoms in total. The van der Waals surface area contributed by atoms with E-state index in [-0.39, 0.29) is 5.82 Å². The van der Waals surface area contributed by atoms with Crippen LogP contribution in [-0.2, 0) is 0 Å². The largest absolute Gasteiger partial charge is 0.373 e. The molecular weight excluding hydrogens is 341 g/mol. The monoisotopic (exact) mass is 365 g/mol. The predicted molar refractivity (Wildman–Crippen MR) is 109 cm³/mol. The van der Waals surface area contributed by atoms with Crippen molar-refractivity contribution < 1.29 is 4.39 Å². The molecule has 3 aromatic rings. The number of likely N-dealkylation sites (N-methyl/N-ethyl adjacent to an activating group) is 2. The lowest BCUT2D eigenvalue weighted by Crippen LogP contribution is -2.28. The van der Waals surface area contributed by atoms with Crippen molar-refractivity contribution in [1.82, 2.24) is 14.9 Å². The van der Waals surface area contributed by atoms with E-state index in [1.165, 1.54) is 6.07 Å². The average molecular weight is 365 g/mol. The summed E-state index contributed by atoms with van der Waals surface area (Å²) < 4.78 is 13.8. The summed E-state index contributed by atoms with van der Waals surface area (Å²) in [7, 11) is 6.22. The van der Waals surface area contributed by atoms with Crippen LogP contribution in [0.4, 0.5) is 21.7 Å². The predicted octanol–water partition coefficient (Wildman–Crippen LogP) is 4.02. The van der Waals surface area contributed by atoms with E-state index < -0.39 is 0 Å². The van der Waals surface area contributed by atoms with Crippen molar-refractivity contribution in [1.29, 1.82) is 0 Å². The lowest BCUT2D eigenvalue weighted by atomic mass is 10.1. The molecule has 0 atom stereocenters. The Morgan fingerprint density at radius 2 is 1.56 bits per heavy atom. The number of hydrogen-bond donors (Lipinski definition) is 1. The van der Waals surface area contributed by atoms with Crippen LogP contribution < -0.4 is 10.2 Å². The molecule has 3 rings (SSSR count). The van der Waals surface area contributed by atoms with Crippen LogP contribution in [0.2, 0.25) is 0 Å². The second kappa shape index (κ2) is 8.60. The second-order valence-electron chi connectivity index (χ2n) is 6.67. The Labute approximate surface area is 159 Å². The first-order valence-corrected chi connectivity index (χ1v) is 8.83. The van der Waals surface area contributed by atoms with E-state index >= 15 is 0 Å². The first-order chi connectivity index (χ1) is 13.0. The van der Waals surface area contributed by atoms with Crippen molar-refractivity contribution in [3.05, 3.63) is 66.7 Å². The summed E-state index contributed by atoms with van der Waals surface area (Å²) >= 11 is 0. The molecule has 0 unspecified atom stereocenters. The molecule has 0 aliphatic heterocycles. The number of rotatable bonds is 7. The van der Waals surface area contributed by atoms with Crippen LogP contribution in [0.3, 0.4) is 0 Å². The zero-order chi connectivity index (χ0) is 19.2. The molecular formula is C21H24FN5. The zero-order valence-electron chi connectivity index (χ0n) is 15.9. The average Bonchev–Trinajstić information content (AvgIpc) is 2.68. The van der Waals surface area contributed by atoms with Gasteiger partial charge in [-0.2, -0.15) is 0 Å². The van der Waals surface area contributed by atoms with Gasteiger partial charge in [0.15, 0.2) is 0 Å². The van der Waals surface area contributed by atoms with Gasteiger partial charge in [0.25, 0.3) is 0 Å². The highest BCUT2D eigenvalue weighted by molar-refractivity contribution is 5.64. The number of halogens is 1. The van der Waals surface area contributed by atoms with Crippen molar-refractivity contribution in [2.75, 3.05) is 44.4 Å². The summed E-state index contributed by atoms with van der Waals surface area (Å²) in [5, 5.41) is 3.17. The molecule has 1 heterocycles. The molecule has 0 aliphatic rings. The Balaban J connectivity index is 1.64. The Kier molecular flexibility index (Phi) is 5.98. The highest BCUT2D eigenvalue weighted by Gasteiger charge is 2.06. The van der Waals surface area contributed by atoms with Gasteiger partial charge in [-0.15, -0.1) is 0 Å². The first-order valence-electron chi connectivity index (χ1n) is 8.83. The summed E-state index contributed by atoms with van der Waals surface area (Å²) in [6.45, 7) is 1.96. The fourth-order valence-electron chi connectivity index (χ4n) is 2.63. The zero-order valence-corrected chi connectivity index (χ0v) is 15.9. The maximum absolute atomic E-state index is 13.8. The van der Waals surface area contributed by atoms with Gasteiger partial charge in [-0.3, -0.25) is 0 Å². The van der Waals surface area contributed by atoms with E-state index in [9.17, 15) is 4.39 Å². The lowest BCUT2D eigenvalue weighted by Gasteiger charge is -2.21. The standard InChI is InChI=1S/C21H24FN5/c1-26(2)12-13-27(3)18-10-8-17(9-11-18)25-21-23-14-16(15-24-21)19-6-4-5-7-20(19)22/h4-11,14-15H,12-13H2,1-3H3,(H,23,24,25). The number of nitrogens with zero attached hydrogens (tertiary/aromatic N) is 4. The number of aromatic nitrogens is 2. The highest BCUT2D eigenvalue weighted by Crippen LogP contribution is 2.23. The van der Waals surface area contributed by atoms with Crippen LogP contribution in [0.15, 0.2) is 60.9 Å². The third-order valence-corrected chi connectivity index (χ3v) is 4.28. The molecule has 0 amide bonds. The molecule has 0 fully saturated rings. The molecule has 1 aromatic heterocycles. The topological polar surface area (TPSA) is 44.3 Å². The van der Waals surface area contributed by atoms with Gasteiger partial charge in [0.05, 0.1) is 0 Å². The van der Waals surface area contributed by atoms with E-state index in [0.29, 0.717) is 17.1 Å². The molecule has 2 aromatic carbocycles. The van der Waals surface area contributed by atoms with Gasteiger partial charge in [-0.25, -0.2) is 14.4 Å². The van der Waals surface area contributed by atoms with Gasteiger partial charge in [-0.1, -0.05) is 18.2 Å². The molecule has 6 heteroatoms. The lowest BCUT2D eigenvalue weighted by molar-refractivity contribution is 0.416. The van der Waals surface area contributed by atoms with Gasteiger partial charge in [-0.05, 0) is 44.4 Å². The summed E-state index contributed by atoms with van der Waals surface area (Å²) in [5.41, 5.74) is 3.20. The third kappa shape index (κ3) is 5.01. The van der Waals surface area contributed by atoms with Gasteiger partial charge in [0.1, 0.15) is 5.82 Å². The first kappa shape index (κ1) is 18.8. The smallest absolute Gasteiger partial charge is 0.227 e. The van der Waals surface area contributed by atoms with Gasteiger partial charge in [0.2, 0.25) is 5.95 Å². The third-order valence-electron chi connectivity index (χ3n) is 4.28. The quantitative estimate of drug-likeness (QED) is 0.685. The Morgan fingerprint density at radius 3 is 2.19 bits per heavy atom. The van der Waals surface area contributed by atoms with Crippen LogP contribution in [-0.4, -0.2) is 49.1 Å². The number of nitrogens with one attached hydrogen (secondary N) is 1. The molecule has 0 aliphatic carbocycles. The maximum Gasteiger partial charge on any atom is 0.227 e. The van der Waals surface area contributed by atoms with Crippen molar-refractivity contribution >= 4 is 17.3 Å². The molecule has 0 saturated carbocycles. The van der Waals surface area contributed by atoms with Crippen molar-refractivity contribution in [2.24, 2.45) is 0 Å². The molecule has 1 N–H and O–H groups in total. The molecule has 0 spiro atoms. The summed E-state index contributed by atoms with van der Waals surface area (Å²) in [5.74, 6) is 0.194. The van der Waals surface area contributed by atoms with Crippen molar-refractivity contribution in [2.45, 2.75) is 0 Å². The van der Waals surface area contributed by atoms with Crippen LogP contribution in [0.5, 0.6) is 0 Å². The minimum Gasteiger partial charge on any atom is -0.373 e. The number of hydrogen-bond acceptors (Lipinski definition) is 5. The highest BCUT2D eigenvalue weighted by atomic mass is 19.1. The summed E-state index contributed by atoms with van der Waals surface area (Å²) in [6.07, 6.45) is 3.24. The Bertz CT molecular complexity index is 863. The van der Waals surface area contributed by atoms with Gasteiger partial charge in [0, 0.05) is 55.0 Å². The number of anilines is 3. The minimum atomic E-state index is -0.282. The van der Waals surface area contributed by atoms with E-state index in [2.05, 4.69) is 58.4 Å². The van der Waals surface area contributed by atoms with E-state index in [1.54, 1.807) is 30.6 Å². The fraction of sp³-hybridized carbons (Fsp3) is 0.238. The van der Waals surface area contributed by atoms with E-state index in [1.807, 2.05) is 12.1 Å². The van der Waals surface area contributed by atoms with Gasteiger partial charge >= 0.3 is 0 Å². The molecule has 140 valence electrons. The Morgan fingerprint density at radius 1 is 0.889 bits per heavy atom. The summed E-state index contributed by atoms with van der Waals surface area (Å²) in [4.78, 5) is 13.0. The van der Waals surface area contributed by atoms with Crippen molar-refractivity contribution in [3.8, 4) is 11.1 Å². The molecule has 0 bridgehead atoms. The Hall–Kier alpha value is -2.99. The van der Waals surface area contributed by atoms with Crippen LogP contribution in [0, 0.1) is 5.82 Å². The maximum atomic E-state index is 13.8. The normalized spacial score (nSPS) is 10.9. The van der Waals surface area contributed by atoms with E-state index in [4.69, 9.17) is 0 Å². The molecule has 27 heavy (non-hydrogen) atoms. The number of benzene rings is 2. The molecule has 0 radical (unpaired) electrons. The second-order valence-corrected chi connectivity index (χ2v) is 6.67. The van der Waals surface area contributed by atoms with Gasteiger partial charge < -0.3 is 15.1 Å². The SMILES string of the molecule is CN(C)CCN(C)c1ccc(Nc2ncc(-c3ccccc3F)cn2)cc1. The fourth-order valence-corrected chi connectivity index (χ4v) is 2.63. The van der Waals surface area contributed by atoms with Crippen LogP contribution in [0.1, 0.15) is 0 Å². The summed E-state index contributed by atoms with van der Waals surface area (Å²) in [6, 6.07) is 14.7. The van der Waals surface area contributed by atoms with E-state index in [0.717, 1.165) is 24.5 Å². The van der Waals surface area contributed by atoms with Crippen molar-refractivity contribution in [3.63, 3.8) is 0 Å². The van der Waals surface area contributed by atoms with Crippen LogP contribution >= 0.6 is 0 Å². The minimum absolute atomic E-state index is 0.282. The van der Waals surface area contributed by atoms with Crippen LogP contribution in [0.25, 0.3) is 11.1 Å².